The number of hydrogen-bond donors (Lipinski definition) is 2. The van der Waals surface area contributed by atoms with E-state index in [0.717, 1.165) is 11.1 Å². The van der Waals surface area contributed by atoms with E-state index in [4.69, 9.17) is 15.2 Å². The first kappa shape index (κ1) is 20.9. The van der Waals surface area contributed by atoms with Crippen molar-refractivity contribution in [2.75, 3.05) is 12.3 Å². The van der Waals surface area contributed by atoms with Crippen molar-refractivity contribution < 1.29 is 14.3 Å². The summed E-state index contributed by atoms with van der Waals surface area (Å²) in [7, 11) is 0. The number of hydrazone groups is 1. The number of carbonyl (C=O) groups excluding carboxylic acids is 1. The Balaban J connectivity index is 1.68. The van der Waals surface area contributed by atoms with E-state index in [2.05, 4.69) is 23.5 Å². The van der Waals surface area contributed by atoms with Gasteiger partial charge in [0, 0.05) is 5.69 Å². The Bertz CT molecular complexity index is 1050. The Morgan fingerprint density at radius 3 is 2.57 bits per heavy atom. The van der Waals surface area contributed by atoms with Gasteiger partial charge in [0.2, 0.25) is 0 Å². The minimum absolute atomic E-state index is 0.368. The normalized spacial score (nSPS) is 10.7. The summed E-state index contributed by atoms with van der Waals surface area (Å²) in [6.45, 7) is 4.93. The third-order valence-corrected chi connectivity index (χ3v) is 4.50. The summed E-state index contributed by atoms with van der Waals surface area (Å²) in [4.78, 5) is 12.2. The highest BCUT2D eigenvalue weighted by molar-refractivity contribution is 5.99. The number of nitrogens with zero attached hydrogens (tertiary/aromatic N) is 1. The average Bonchev–Trinajstić information content (AvgIpc) is 2.74. The molecule has 6 heteroatoms. The first-order chi connectivity index (χ1) is 14.6. The maximum Gasteiger partial charge on any atom is 0.273 e. The quantitative estimate of drug-likeness (QED) is 0.333. The van der Waals surface area contributed by atoms with Gasteiger partial charge in [-0.25, -0.2) is 5.43 Å². The van der Waals surface area contributed by atoms with Crippen LogP contribution in [0.15, 0.2) is 71.8 Å². The number of ether oxygens (including phenoxy) is 2. The van der Waals surface area contributed by atoms with Crippen molar-refractivity contribution in [1.82, 2.24) is 5.43 Å². The number of amides is 1. The number of aryl methyl sites for hydroxylation is 1. The summed E-state index contributed by atoms with van der Waals surface area (Å²) in [6, 6.07) is 20.4. The molecule has 3 aromatic rings. The maximum atomic E-state index is 12.2. The molecule has 6 nitrogen and oxygen atoms in total. The van der Waals surface area contributed by atoms with Gasteiger partial charge in [-0.1, -0.05) is 36.4 Å². The molecule has 0 aliphatic carbocycles. The molecule has 0 aromatic heterocycles. The van der Waals surface area contributed by atoms with Crippen LogP contribution in [0.4, 0.5) is 5.69 Å². The molecule has 154 valence electrons. The number of rotatable bonds is 8. The summed E-state index contributed by atoms with van der Waals surface area (Å²) in [5, 5.41) is 4.02. The zero-order valence-electron chi connectivity index (χ0n) is 17.1. The van der Waals surface area contributed by atoms with Gasteiger partial charge < -0.3 is 15.2 Å². The fraction of sp³-hybridized carbons (Fsp3) is 0.167. The lowest BCUT2D eigenvalue weighted by atomic mass is 10.1. The molecule has 3 rings (SSSR count). The van der Waals surface area contributed by atoms with E-state index in [0.29, 0.717) is 36.0 Å². The third-order valence-electron chi connectivity index (χ3n) is 4.50. The van der Waals surface area contributed by atoms with Crippen molar-refractivity contribution in [2.24, 2.45) is 5.10 Å². The summed E-state index contributed by atoms with van der Waals surface area (Å²) in [6.07, 6.45) is 1.55. The van der Waals surface area contributed by atoms with Crippen molar-refractivity contribution >= 4 is 17.8 Å². The monoisotopic (exact) mass is 403 g/mol. The number of nitrogens with one attached hydrogen (secondary N) is 1. The van der Waals surface area contributed by atoms with Crippen LogP contribution >= 0.6 is 0 Å². The van der Waals surface area contributed by atoms with E-state index in [1.165, 1.54) is 5.56 Å². The zero-order chi connectivity index (χ0) is 21.3. The van der Waals surface area contributed by atoms with Crippen LogP contribution in [-0.4, -0.2) is 18.7 Å². The first-order valence-corrected chi connectivity index (χ1v) is 9.70. The number of carbonyl (C=O) groups is 1. The van der Waals surface area contributed by atoms with E-state index in [-0.39, 0.29) is 5.91 Å². The van der Waals surface area contributed by atoms with E-state index in [1.54, 1.807) is 30.5 Å². The first-order valence-electron chi connectivity index (χ1n) is 9.70. The van der Waals surface area contributed by atoms with E-state index in [9.17, 15) is 4.79 Å². The van der Waals surface area contributed by atoms with Crippen LogP contribution in [0.1, 0.15) is 34.0 Å². The standard InChI is InChI=1S/C24H25N3O3/c1-3-29-23-14-18(15-26-27-24(28)20-10-6-7-11-21(20)25)12-13-22(23)30-16-19-9-5-4-8-17(19)2/h4-15H,3,16,25H2,1-2H3,(H,27,28)/b26-15-. The Morgan fingerprint density at radius 2 is 1.80 bits per heavy atom. The number of hydrogen-bond acceptors (Lipinski definition) is 5. The van der Waals surface area contributed by atoms with Crippen LogP contribution in [0.2, 0.25) is 0 Å². The molecular weight excluding hydrogens is 378 g/mol. The Labute approximate surface area is 176 Å². The van der Waals surface area contributed by atoms with Crippen LogP contribution in [0, 0.1) is 6.92 Å². The van der Waals surface area contributed by atoms with Crippen molar-refractivity contribution in [2.45, 2.75) is 20.5 Å². The minimum Gasteiger partial charge on any atom is -0.490 e. The number of benzene rings is 3. The molecule has 0 heterocycles. The van der Waals surface area contributed by atoms with Crippen LogP contribution < -0.4 is 20.6 Å². The van der Waals surface area contributed by atoms with Crippen molar-refractivity contribution in [1.29, 1.82) is 0 Å². The van der Waals surface area contributed by atoms with Crippen LogP contribution in [0.3, 0.4) is 0 Å². The highest BCUT2D eigenvalue weighted by atomic mass is 16.5. The lowest BCUT2D eigenvalue weighted by Crippen LogP contribution is -2.19. The molecule has 0 spiro atoms. The van der Waals surface area contributed by atoms with Gasteiger partial charge in [-0.2, -0.15) is 5.10 Å². The number of nitrogen functional groups attached to an aromatic ring is 1. The van der Waals surface area contributed by atoms with Gasteiger partial charge in [0.25, 0.3) is 5.91 Å². The lowest BCUT2D eigenvalue weighted by Gasteiger charge is -2.13. The molecule has 0 saturated carbocycles. The molecule has 0 atom stereocenters. The Kier molecular flexibility index (Phi) is 7.05. The largest absolute Gasteiger partial charge is 0.490 e. The fourth-order valence-corrected chi connectivity index (χ4v) is 2.85. The third kappa shape index (κ3) is 5.38. The molecule has 3 N–H and O–H groups in total. The lowest BCUT2D eigenvalue weighted by molar-refractivity contribution is 0.0956. The van der Waals surface area contributed by atoms with Gasteiger partial charge >= 0.3 is 0 Å². The second kappa shape index (κ2) is 10.1. The van der Waals surface area contributed by atoms with Gasteiger partial charge in [0.15, 0.2) is 11.5 Å². The smallest absolute Gasteiger partial charge is 0.273 e. The topological polar surface area (TPSA) is 85.9 Å². The fourth-order valence-electron chi connectivity index (χ4n) is 2.85. The van der Waals surface area contributed by atoms with E-state index >= 15 is 0 Å². The van der Waals surface area contributed by atoms with Gasteiger partial charge in [-0.05, 0) is 60.9 Å². The molecule has 0 bridgehead atoms. The van der Waals surface area contributed by atoms with Gasteiger partial charge in [-0.15, -0.1) is 0 Å². The predicted octanol–water partition coefficient (Wildman–Crippen LogP) is 4.32. The van der Waals surface area contributed by atoms with Crippen molar-refractivity contribution in [3.63, 3.8) is 0 Å². The molecule has 0 unspecified atom stereocenters. The zero-order valence-corrected chi connectivity index (χ0v) is 17.1. The minimum atomic E-state index is -0.368. The summed E-state index contributed by atoms with van der Waals surface area (Å²) in [5.41, 5.74) is 12.1. The maximum absolute atomic E-state index is 12.2. The molecule has 0 aliphatic rings. The second-order valence-corrected chi connectivity index (χ2v) is 6.64. The van der Waals surface area contributed by atoms with Gasteiger partial charge in [0.1, 0.15) is 6.61 Å². The predicted molar refractivity (Wildman–Crippen MR) is 119 cm³/mol. The molecule has 0 radical (unpaired) electrons. The number of para-hydroxylation sites is 1. The van der Waals surface area contributed by atoms with Crippen LogP contribution in [0.5, 0.6) is 11.5 Å². The van der Waals surface area contributed by atoms with Gasteiger partial charge in [-0.3, -0.25) is 4.79 Å². The van der Waals surface area contributed by atoms with E-state index < -0.39 is 0 Å². The highest BCUT2D eigenvalue weighted by Crippen LogP contribution is 2.29. The summed E-state index contributed by atoms with van der Waals surface area (Å²) >= 11 is 0. The molecule has 1 amide bonds. The number of anilines is 1. The molecule has 3 aromatic carbocycles. The van der Waals surface area contributed by atoms with Crippen LogP contribution in [-0.2, 0) is 6.61 Å². The molecular formula is C24H25N3O3. The summed E-state index contributed by atoms with van der Waals surface area (Å²) < 4.78 is 11.7. The molecule has 30 heavy (non-hydrogen) atoms. The van der Waals surface area contributed by atoms with Crippen molar-refractivity contribution in [3.8, 4) is 11.5 Å². The SMILES string of the molecule is CCOc1cc(/C=N\NC(=O)c2ccccc2N)ccc1OCc1ccccc1C. The van der Waals surface area contributed by atoms with E-state index in [1.807, 2.05) is 43.3 Å². The molecule has 0 fully saturated rings. The highest BCUT2D eigenvalue weighted by Gasteiger charge is 2.09. The Morgan fingerprint density at radius 1 is 1.03 bits per heavy atom. The van der Waals surface area contributed by atoms with Crippen molar-refractivity contribution in [3.05, 3.63) is 89.0 Å². The average molecular weight is 403 g/mol. The molecule has 0 saturated heterocycles. The second-order valence-electron chi connectivity index (χ2n) is 6.64. The summed E-state index contributed by atoms with van der Waals surface area (Å²) in [5.74, 6) is 0.902. The Hall–Kier alpha value is -3.80. The number of nitrogens with two attached hydrogens (primary N) is 1. The van der Waals surface area contributed by atoms with Gasteiger partial charge in [0.05, 0.1) is 18.4 Å². The van der Waals surface area contributed by atoms with Crippen LogP contribution in [0.25, 0.3) is 0 Å². The molecule has 0 aliphatic heterocycles.